The molecular weight excluding hydrogens is 168 g/mol. The second kappa shape index (κ2) is 2.54. The van der Waals surface area contributed by atoms with Crippen LogP contribution in [0.1, 0.15) is 6.92 Å². The Bertz CT molecular complexity index is 340. The molecule has 0 atom stereocenters. The molecule has 0 saturated carbocycles. The van der Waals surface area contributed by atoms with Crippen molar-refractivity contribution in [2.45, 2.75) is 12.1 Å². The van der Waals surface area contributed by atoms with E-state index in [-0.39, 0.29) is 16.8 Å². The van der Waals surface area contributed by atoms with E-state index in [1.807, 2.05) is 0 Å². The first-order valence-electron chi connectivity index (χ1n) is 3.00. The van der Waals surface area contributed by atoms with Gasteiger partial charge in [-0.2, -0.15) is 4.98 Å². The third-order valence-electron chi connectivity index (χ3n) is 1.15. The minimum Gasteiger partial charge on any atom is -0.434 e. The number of nitrogen functional groups attached to an aromatic ring is 1. The smallest absolute Gasteiger partial charge is 0.316 e. The van der Waals surface area contributed by atoms with E-state index < -0.39 is 9.84 Å². The third kappa shape index (κ3) is 1.51. The molecular formula is C5H8N2O3S. The summed E-state index contributed by atoms with van der Waals surface area (Å²) >= 11 is 0. The van der Waals surface area contributed by atoms with E-state index in [1.54, 1.807) is 0 Å². The highest BCUT2D eigenvalue weighted by Gasteiger charge is 2.17. The first kappa shape index (κ1) is 8.06. The molecule has 0 spiro atoms. The largest absolute Gasteiger partial charge is 0.434 e. The predicted octanol–water partition coefficient (Wildman–Crippen LogP) is 0.0504. The summed E-state index contributed by atoms with van der Waals surface area (Å²) in [5, 5.41) is -0.308. The van der Waals surface area contributed by atoms with Gasteiger partial charge in [0.1, 0.15) is 6.26 Å². The van der Waals surface area contributed by atoms with E-state index >= 15 is 0 Å². The number of sulfone groups is 1. The molecule has 0 aliphatic heterocycles. The second-order valence-electron chi connectivity index (χ2n) is 1.94. The molecule has 1 rings (SSSR count). The molecule has 1 aromatic rings. The Morgan fingerprint density at radius 1 is 1.73 bits per heavy atom. The second-order valence-corrected chi connectivity index (χ2v) is 4.10. The van der Waals surface area contributed by atoms with Gasteiger partial charge in [-0.3, -0.25) is 0 Å². The van der Waals surface area contributed by atoms with Crippen molar-refractivity contribution in [2.24, 2.45) is 0 Å². The summed E-state index contributed by atoms with van der Waals surface area (Å²) in [6.45, 7) is 1.51. The molecule has 2 N–H and O–H groups in total. The van der Waals surface area contributed by atoms with Crippen LogP contribution in [0.15, 0.2) is 15.9 Å². The fraction of sp³-hybridized carbons (Fsp3) is 0.400. The number of anilines is 1. The molecule has 0 unspecified atom stereocenters. The van der Waals surface area contributed by atoms with Crippen LogP contribution >= 0.6 is 0 Å². The fourth-order valence-corrected chi connectivity index (χ4v) is 1.22. The van der Waals surface area contributed by atoms with E-state index in [9.17, 15) is 8.42 Å². The standard InChI is InChI=1S/C5H8N2O3S/c1-2-11(8,9)5-7-4(6)3-10-5/h3H,2,6H2,1H3. The van der Waals surface area contributed by atoms with Gasteiger partial charge in [0.2, 0.25) is 9.84 Å². The van der Waals surface area contributed by atoms with Gasteiger partial charge in [-0.05, 0) is 0 Å². The molecule has 5 nitrogen and oxygen atoms in total. The molecule has 1 heterocycles. The van der Waals surface area contributed by atoms with Gasteiger partial charge in [0.05, 0.1) is 5.75 Å². The number of nitrogens with two attached hydrogens (primary N) is 1. The van der Waals surface area contributed by atoms with Crippen molar-refractivity contribution in [3.63, 3.8) is 0 Å². The average Bonchev–Trinajstić information content (AvgIpc) is 2.36. The Hall–Kier alpha value is -1.04. The summed E-state index contributed by atoms with van der Waals surface area (Å²) in [7, 11) is -3.34. The summed E-state index contributed by atoms with van der Waals surface area (Å²) in [6.07, 6.45) is 1.10. The Balaban J connectivity index is 3.13. The van der Waals surface area contributed by atoms with Crippen LogP contribution in [-0.4, -0.2) is 19.2 Å². The molecule has 0 bridgehead atoms. The Morgan fingerprint density at radius 3 is 2.73 bits per heavy atom. The van der Waals surface area contributed by atoms with Crippen LogP contribution in [-0.2, 0) is 9.84 Å². The van der Waals surface area contributed by atoms with Crippen LogP contribution < -0.4 is 5.73 Å². The minimum atomic E-state index is -3.34. The number of rotatable bonds is 2. The van der Waals surface area contributed by atoms with Crippen molar-refractivity contribution in [1.82, 2.24) is 4.98 Å². The van der Waals surface area contributed by atoms with Crippen molar-refractivity contribution in [3.8, 4) is 0 Å². The highest BCUT2D eigenvalue weighted by atomic mass is 32.2. The minimum absolute atomic E-state index is 0.0348. The number of hydrogen-bond donors (Lipinski definition) is 1. The zero-order valence-electron chi connectivity index (χ0n) is 5.94. The Labute approximate surface area is 64.1 Å². The topological polar surface area (TPSA) is 86.2 Å². The summed E-state index contributed by atoms with van der Waals surface area (Å²) < 4.78 is 26.6. The van der Waals surface area contributed by atoms with Crippen molar-refractivity contribution in [3.05, 3.63) is 6.26 Å². The maximum absolute atomic E-state index is 11.0. The lowest BCUT2D eigenvalue weighted by atomic mass is 10.8. The van der Waals surface area contributed by atoms with E-state index in [1.165, 1.54) is 6.92 Å². The summed E-state index contributed by atoms with van der Waals surface area (Å²) in [5.74, 6) is 0.0458. The number of oxazole rings is 1. The average molecular weight is 176 g/mol. The van der Waals surface area contributed by atoms with Crippen LogP contribution in [0.2, 0.25) is 0 Å². The number of aromatic nitrogens is 1. The van der Waals surface area contributed by atoms with Crippen LogP contribution in [0.5, 0.6) is 0 Å². The molecule has 62 valence electrons. The van der Waals surface area contributed by atoms with E-state index in [2.05, 4.69) is 9.40 Å². The lowest BCUT2D eigenvalue weighted by molar-refractivity contribution is 0.430. The van der Waals surface area contributed by atoms with E-state index in [0.29, 0.717) is 0 Å². The normalized spacial score (nSPS) is 11.7. The molecule has 0 amide bonds. The Morgan fingerprint density at radius 2 is 2.36 bits per heavy atom. The Kier molecular flexibility index (Phi) is 1.86. The van der Waals surface area contributed by atoms with E-state index in [4.69, 9.17) is 5.73 Å². The molecule has 0 aromatic carbocycles. The SMILES string of the molecule is CCS(=O)(=O)c1nc(N)co1. The van der Waals surface area contributed by atoms with Gasteiger partial charge in [-0.1, -0.05) is 6.92 Å². The number of nitrogens with zero attached hydrogens (tertiary/aromatic N) is 1. The fourth-order valence-electron chi connectivity index (χ4n) is 0.535. The van der Waals surface area contributed by atoms with Gasteiger partial charge in [0.25, 0.3) is 0 Å². The highest BCUT2D eigenvalue weighted by molar-refractivity contribution is 7.91. The van der Waals surface area contributed by atoms with Crippen LogP contribution in [0, 0.1) is 0 Å². The lowest BCUT2D eigenvalue weighted by Crippen LogP contribution is -2.03. The summed E-state index contributed by atoms with van der Waals surface area (Å²) in [4.78, 5) is 3.48. The van der Waals surface area contributed by atoms with Gasteiger partial charge in [0, 0.05) is 0 Å². The summed E-state index contributed by atoms with van der Waals surface area (Å²) in [6, 6.07) is 0. The predicted molar refractivity (Wildman–Crippen MR) is 38.6 cm³/mol. The summed E-state index contributed by atoms with van der Waals surface area (Å²) in [5.41, 5.74) is 5.16. The van der Waals surface area contributed by atoms with Crippen molar-refractivity contribution in [1.29, 1.82) is 0 Å². The quantitative estimate of drug-likeness (QED) is 0.688. The van der Waals surface area contributed by atoms with Crippen molar-refractivity contribution >= 4 is 15.7 Å². The maximum atomic E-state index is 11.0. The van der Waals surface area contributed by atoms with Gasteiger partial charge in [-0.15, -0.1) is 0 Å². The first-order valence-corrected chi connectivity index (χ1v) is 4.65. The highest BCUT2D eigenvalue weighted by Crippen LogP contribution is 2.10. The third-order valence-corrected chi connectivity index (χ3v) is 2.63. The molecule has 0 aliphatic carbocycles. The molecule has 6 heteroatoms. The van der Waals surface area contributed by atoms with Gasteiger partial charge in [-0.25, -0.2) is 8.42 Å². The molecule has 1 aromatic heterocycles. The molecule has 0 aliphatic rings. The van der Waals surface area contributed by atoms with Gasteiger partial charge in [0.15, 0.2) is 5.82 Å². The molecule has 0 fully saturated rings. The van der Waals surface area contributed by atoms with Crippen LogP contribution in [0.4, 0.5) is 5.82 Å². The van der Waals surface area contributed by atoms with Gasteiger partial charge < -0.3 is 10.2 Å². The maximum Gasteiger partial charge on any atom is 0.316 e. The zero-order valence-corrected chi connectivity index (χ0v) is 6.76. The number of hydrogen-bond acceptors (Lipinski definition) is 5. The molecule has 11 heavy (non-hydrogen) atoms. The van der Waals surface area contributed by atoms with Crippen LogP contribution in [0.25, 0.3) is 0 Å². The molecule has 0 saturated heterocycles. The zero-order chi connectivity index (χ0) is 8.48. The monoisotopic (exact) mass is 176 g/mol. The molecule has 0 radical (unpaired) electrons. The lowest BCUT2D eigenvalue weighted by Gasteiger charge is -1.90. The van der Waals surface area contributed by atoms with Crippen molar-refractivity contribution < 1.29 is 12.8 Å². The van der Waals surface area contributed by atoms with E-state index in [0.717, 1.165) is 6.26 Å². The van der Waals surface area contributed by atoms with Crippen LogP contribution in [0.3, 0.4) is 0 Å². The van der Waals surface area contributed by atoms with Gasteiger partial charge >= 0.3 is 5.22 Å². The van der Waals surface area contributed by atoms with Crippen molar-refractivity contribution in [2.75, 3.05) is 11.5 Å². The first-order chi connectivity index (χ1) is 5.06.